The lowest BCUT2D eigenvalue weighted by atomic mass is 9.68. The zero-order valence-electron chi connectivity index (χ0n) is 11.7. The summed E-state index contributed by atoms with van der Waals surface area (Å²) in [6.07, 6.45) is 5.16. The van der Waals surface area contributed by atoms with Gasteiger partial charge in [0.15, 0.2) is 0 Å². The SMILES string of the molecule is OCCC1C2CCCC1CN(Cc1ccccc1)C2. The minimum absolute atomic E-state index is 0.371. The Kier molecular flexibility index (Phi) is 4.19. The lowest BCUT2D eigenvalue weighted by Crippen LogP contribution is -2.48. The van der Waals surface area contributed by atoms with Gasteiger partial charge in [-0.3, -0.25) is 4.90 Å². The Morgan fingerprint density at radius 3 is 2.37 bits per heavy atom. The van der Waals surface area contributed by atoms with Gasteiger partial charge in [-0.2, -0.15) is 0 Å². The van der Waals surface area contributed by atoms with Crippen LogP contribution in [0.5, 0.6) is 0 Å². The molecule has 19 heavy (non-hydrogen) atoms. The first-order valence-electron chi connectivity index (χ1n) is 7.74. The molecule has 2 heteroatoms. The predicted octanol–water partition coefficient (Wildman–Crippen LogP) is 2.92. The van der Waals surface area contributed by atoms with Gasteiger partial charge in [-0.1, -0.05) is 36.8 Å². The van der Waals surface area contributed by atoms with Gasteiger partial charge in [-0.25, -0.2) is 0 Å². The molecule has 0 spiro atoms. The average Bonchev–Trinajstić information content (AvgIpc) is 2.41. The van der Waals surface area contributed by atoms with Crippen LogP contribution in [-0.4, -0.2) is 29.7 Å². The largest absolute Gasteiger partial charge is 0.396 e. The minimum Gasteiger partial charge on any atom is -0.396 e. The predicted molar refractivity (Wildman–Crippen MR) is 77.7 cm³/mol. The highest BCUT2D eigenvalue weighted by atomic mass is 16.3. The van der Waals surface area contributed by atoms with Gasteiger partial charge in [-0.05, 0) is 42.6 Å². The van der Waals surface area contributed by atoms with Crippen molar-refractivity contribution in [3.8, 4) is 0 Å². The second-order valence-corrected chi connectivity index (χ2v) is 6.31. The average molecular weight is 259 g/mol. The fraction of sp³-hybridized carbons (Fsp3) is 0.647. The van der Waals surface area contributed by atoms with E-state index >= 15 is 0 Å². The number of hydrogen-bond donors (Lipinski definition) is 1. The van der Waals surface area contributed by atoms with E-state index in [0.29, 0.717) is 6.61 Å². The first kappa shape index (κ1) is 13.1. The zero-order valence-corrected chi connectivity index (χ0v) is 11.7. The standard InChI is InChI=1S/C17H25NO/c19-10-9-17-15-7-4-8-16(17)13-18(12-15)11-14-5-2-1-3-6-14/h1-3,5-6,15-17,19H,4,7-13H2. The molecular formula is C17H25NO. The van der Waals surface area contributed by atoms with Crippen LogP contribution in [0, 0.1) is 17.8 Å². The molecular weight excluding hydrogens is 234 g/mol. The summed E-state index contributed by atoms with van der Waals surface area (Å²) in [5.74, 6) is 2.43. The molecule has 104 valence electrons. The van der Waals surface area contributed by atoms with Crippen molar-refractivity contribution < 1.29 is 5.11 Å². The van der Waals surface area contributed by atoms with Crippen molar-refractivity contribution in [2.75, 3.05) is 19.7 Å². The summed E-state index contributed by atoms with van der Waals surface area (Å²) in [6.45, 7) is 3.93. The van der Waals surface area contributed by atoms with Crippen LogP contribution >= 0.6 is 0 Å². The summed E-state index contributed by atoms with van der Waals surface area (Å²) in [4.78, 5) is 2.64. The van der Waals surface area contributed by atoms with Crippen LogP contribution in [0.1, 0.15) is 31.2 Å². The van der Waals surface area contributed by atoms with E-state index in [1.165, 1.54) is 37.9 Å². The van der Waals surface area contributed by atoms with Gasteiger partial charge in [0.05, 0.1) is 0 Å². The van der Waals surface area contributed by atoms with E-state index in [9.17, 15) is 5.11 Å². The molecule has 1 heterocycles. The third-order valence-electron chi connectivity index (χ3n) is 5.06. The van der Waals surface area contributed by atoms with Crippen molar-refractivity contribution in [2.45, 2.75) is 32.2 Å². The maximum atomic E-state index is 9.26. The van der Waals surface area contributed by atoms with Crippen LogP contribution in [0.4, 0.5) is 0 Å². The molecule has 0 aromatic heterocycles. The number of aliphatic hydroxyl groups excluding tert-OH is 1. The summed E-state index contributed by atoms with van der Waals surface area (Å²) in [5, 5.41) is 9.26. The zero-order chi connectivity index (χ0) is 13.1. The second-order valence-electron chi connectivity index (χ2n) is 6.31. The lowest BCUT2D eigenvalue weighted by Gasteiger charge is -2.47. The van der Waals surface area contributed by atoms with E-state index in [-0.39, 0.29) is 0 Å². The van der Waals surface area contributed by atoms with E-state index < -0.39 is 0 Å². The molecule has 1 aliphatic heterocycles. The van der Waals surface area contributed by atoms with E-state index in [4.69, 9.17) is 0 Å². The normalized spacial score (nSPS) is 31.3. The quantitative estimate of drug-likeness (QED) is 0.898. The monoisotopic (exact) mass is 259 g/mol. The number of likely N-dealkylation sites (tertiary alicyclic amines) is 1. The topological polar surface area (TPSA) is 23.5 Å². The summed E-state index contributed by atoms with van der Waals surface area (Å²) in [7, 11) is 0. The number of benzene rings is 1. The molecule has 1 saturated carbocycles. The van der Waals surface area contributed by atoms with Crippen molar-refractivity contribution >= 4 is 0 Å². The molecule has 1 aliphatic carbocycles. The third-order valence-corrected chi connectivity index (χ3v) is 5.06. The number of piperidine rings is 1. The Labute approximate surface area is 116 Å². The Morgan fingerprint density at radius 2 is 1.74 bits per heavy atom. The van der Waals surface area contributed by atoms with E-state index in [2.05, 4.69) is 35.2 Å². The highest BCUT2D eigenvalue weighted by molar-refractivity contribution is 5.14. The van der Waals surface area contributed by atoms with Gasteiger partial charge in [0, 0.05) is 26.2 Å². The molecule has 2 bridgehead atoms. The Morgan fingerprint density at radius 1 is 1.05 bits per heavy atom. The van der Waals surface area contributed by atoms with E-state index in [1.807, 2.05) is 0 Å². The number of rotatable bonds is 4. The maximum Gasteiger partial charge on any atom is 0.0433 e. The fourth-order valence-electron chi connectivity index (χ4n) is 4.24. The molecule has 3 rings (SSSR count). The summed E-state index contributed by atoms with van der Waals surface area (Å²) >= 11 is 0. The second kappa shape index (κ2) is 6.06. The van der Waals surface area contributed by atoms with Crippen LogP contribution in [-0.2, 0) is 6.54 Å². The van der Waals surface area contributed by atoms with Crippen LogP contribution in [0.25, 0.3) is 0 Å². The number of fused-ring (bicyclic) bond motifs is 2. The third kappa shape index (κ3) is 3.01. The van der Waals surface area contributed by atoms with Crippen LogP contribution in [0.3, 0.4) is 0 Å². The highest BCUT2D eigenvalue weighted by Gasteiger charge is 2.38. The molecule has 1 saturated heterocycles. The van der Waals surface area contributed by atoms with Gasteiger partial charge < -0.3 is 5.11 Å². The van der Waals surface area contributed by atoms with Gasteiger partial charge in [-0.15, -0.1) is 0 Å². The van der Waals surface area contributed by atoms with Crippen LogP contribution in [0.15, 0.2) is 30.3 Å². The molecule has 2 atom stereocenters. The van der Waals surface area contributed by atoms with Crippen molar-refractivity contribution in [3.63, 3.8) is 0 Å². The molecule has 0 radical (unpaired) electrons. The summed E-state index contributed by atoms with van der Waals surface area (Å²) in [6, 6.07) is 10.8. The molecule has 2 fully saturated rings. The number of aliphatic hydroxyl groups is 1. The Hall–Kier alpha value is -0.860. The fourth-order valence-corrected chi connectivity index (χ4v) is 4.24. The molecule has 2 nitrogen and oxygen atoms in total. The van der Waals surface area contributed by atoms with Crippen molar-refractivity contribution in [3.05, 3.63) is 35.9 Å². The summed E-state index contributed by atoms with van der Waals surface area (Å²) < 4.78 is 0. The first-order chi connectivity index (χ1) is 9.36. The Balaban J connectivity index is 1.64. The van der Waals surface area contributed by atoms with Crippen molar-refractivity contribution in [1.29, 1.82) is 0 Å². The van der Waals surface area contributed by atoms with Gasteiger partial charge >= 0.3 is 0 Å². The first-order valence-corrected chi connectivity index (χ1v) is 7.74. The molecule has 2 unspecified atom stereocenters. The maximum absolute atomic E-state index is 9.26. The number of nitrogens with zero attached hydrogens (tertiary/aromatic N) is 1. The van der Waals surface area contributed by atoms with E-state index in [0.717, 1.165) is 30.7 Å². The summed E-state index contributed by atoms with van der Waals surface area (Å²) in [5.41, 5.74) is 1.43. The van der Waals surface area contributed by atoms with Crippen LogP contribution in [0.2, 0.25) is 0 Å². The molecule has 0 amide bonds. The smallest absolute Gasteiger partial charge is 0.0433 e. The van der Waals surface area contributed by atoms with Crippen molar-refractivity contribution in [1.82, 2.24) is 4.90 Å². The molecule has 2 aliphatic rings. The highest BCUT2D eigenvalue weighted by Crippen LogP contribution is 2.41. The van der Waals surface area contributed by atoms with Gasteiger partial charge in [0.1, 0.15) is 0 Å². The number of hydrogen-bond acceptors (Lipinski definition) is 2. The Bertz CT molecular complexity index is 378. The molecule has 1 N–H and O–H groups in total. The lowest BCUT2D eigenvalue weighted by molar-refractivity contribution is 0.00693. The molecule has 1 aromatic rings. The molecule has 1 aromatic carbocycles. The van der Waals surface area contributed by atoms with E-state index in [1.54, 1.807) is 0 Å². The van der Waals surface area contributed by atoms with Crippen molar-refractivity contribution in [2.24, 2.45) is 17.8 Å². The van der Waals surface area contributed by atoms with Gasteiger partial charge in [0.2, 0.25) is 0 Å². The van der Waals surface area contributed by atoms with Crippen LogP contribution < -0.4 is 0 Å². The minimum atomic E-state index is 0.371. The van der Waals surface area contributed by atoms with Gasteiger partial charge in [0.25, 0.3) is 0 Å².